The van der Waals surface area contributed by atoms with Gasteiger partial charge in [0.2, 0.25) is 0 Å². The maximum Gasteiger partial charge on any atom is 0.299 e. The Kier molecular flexibility index (Phi) is 5.08. The van der Waals surface area contributed by atoms with E-state index in [0.717, 1.165) is 14.3 Å². The van der Waals surface area contributed by atoms with Crippen molar-refractivity contribution in [3.8, 4) is 0 Å². The van der Waals surface area contributed by atoms with Gasteiger partial charge in [0.25, 0.3) is 5.97 Å². The molecule has 0 aliphatic rings. The van der Waals surface area contributed by atoms with Gasteiger partial charge in [0.1, 0.15) is 7.17 Å². The molecule has 0 fully saturated rings. The van der Waals surface area contributed by atoms with E-state index in [1.165, 1.54) is 7.11 Å². The lowest BCUT2D eigenvalue weighted by Crippen LogP contribution is -2.20. The molecule has 0 N–H and O–H groups in total. The average molecular weight is 154 g/mol. The monoisotopic (exact) mass is 154 g/mol. The summed E-state index contributed by atoms with van der Waals surface area (Å²) in [5, 5.41) is 0. The summed E-state index contributed by atoms with van der Waals surface area (Å²) >= 11 is 0. The zero-order chi connectivity index (χ0) is 8.85. The van der Waals surface area contributed by atoms with Crippen molar-refractivity contribution in [2.45, 2.75) is 32.4 Å². The van der Waals surface area contributed by atoms with Crippen LogP contribution in [0.3, 0.4) is 0 Å². The zero-order valence-corrected chi connectivity index (χ0v) is 7.89. The lowest BCUT2D eigenvalue weighted by Gasteiger charge is -2.07. The fourth-order valence-corrected chi connectivity index (χ4v) is 0.902. The second-order valence-electron chi connectivity index (χ2n) is 3.40. The van der Waals surface area contributed by atoms with Crippen LogP contribution in [0.4, 0.5) is 0 Å². The van der Waals surface area contributed by atoms with Gasteiger partial charge in [-0.2, -0.15) is 0 Å². The molecule has 0 aliphatic heterocycles. The molecule has 0 heterocycles. The van der Waals surface area contributed by atoms with Gasteiger partial charge in [0.05, 0.1) is 14.3 Å². The Hall–Kier alpha value is -0.400. The highest BCUT2D eigenvalue weighted by molar-refractivity contribution is 7.03. The second kappa shape index (κ2) is 5.28. The Bertz CT molecular complexity index is 126. The molecule has 4 heteroatoms. The number of esters is 1. The lowest BCUT2D eigenvalue weighted by molar-refractivity contribution is -0.140. The number of carbonyl (C=O) groups is 1. The fraction of sp³-hybridized carbons (Fsp3) is 0.857. The number of rotatable bonds is 4. The van der Waals surface area contributed by atoms with Crippen LogP contribution in [0.15, 0.2) is 0 Å². The molecule has 2 nitrogen and oxygen atoms in total. The Morgan fingerprint density at radius 3 is 2.18 bits per heavy atom. The van der Waals surface area contributed by atoms with E-state index < -0.39 is 0 Å². The molecule has 0 radical (unpaired) electrons. The maximum atomic E-state index is 10.9. The van der Waals surface area contributed by atoms with Gasteiger partial charge in [-0.05, 0) is 0 Å². The fourth-order valence-electron chi connectivity index (χ4n) is 0.902. The molecule has 0 aromatic heterocycles. The SMILES string of the molecule is COC(=O)C(C)BBC(C)C. The predicted octanol–water partition coefficient (Wildman–Crippen LogP) is 0.584. The summed E-state index contributed by atoms with van der Waals surface area (Å²) in [6.45, 7) is 6.22. The van der Waals surface area contributed by atoms with Gasteiger partial charge in [-0.1, -0.05) is 26.6 Å². The molecule has 0 aromatic carbocycles. The van der Waals surface area contributed by atoms with Crippen LogP contribution in [-0.2, 0) is 9.53 Å². The lowest BCUT2D eigenvalue weighted by atomic mass is 9.30. The molecule has 0 saturated carbocycles. The number of hydrogen-bond donors (Lipinski definition) is 0. The molecule has 1 atom stereocenters. The quantitative estimate of drug-likeness (QED) is 0.437. The van der Waals surface area contributed by atoms with Gasteiger partial charge >= 0.3 is 0 Å². The third-order valence-electron chi connectivity index (χ3n) is 1.78. The third kappa shape index (κ3) is 4.93. The normalized spacial score (nSPS) is 12.5. The Morgan fingerprint density at radius 1 is 1.27 bits per heavy atom. The van der Waals surface area contributed by atoms with Crippen molar-refractivity contribution in [1.82, 2.24) is 0 Å². The van der Waals surface area contributed by atoms with Gasteiger partial charge in [0.15, 0.2) is 0 Å². The van der Waals surface area contributed by atoms with E-state index >= 15 is 0 Å². The van der Waals surface area contributed by atoms with Crippen molar-refractivity contribution in [3.63, 3.8) is 0 Å². The molecule has 62 valence electrons. The van der Waals surface area contributed by atoms with E-state index in [-0.39, 0.29) is 11.8 Å². The topological polar surface area (TPSA) is 26.3 Å². The van der Waals surface area contributed by atoms with Gasteiger partial charge in [0, 0.05) is 5.82 Å². The van der Waals surface area contributed by atoms with E-state index in [2.05, 4.69) is 18.6 Å². The Labute approximate surface area is 70.2 Å². The largest absolute Gasteiger partial charge is 0.469 e. The number of methoxy groups -OCH3 is 1. The van der Waals surface area contributed by atoms with Crippen molar-refractivity contribution < 1.29 is 9.53 Å². The standard InChI is InChI=1S/C7H16B2O2/c1-5(2)8-9-6(3)7(10)11-4/h5-6,8-9H,1-4H3. The van der Waals surface area contributed by atoms with Gasteiger partial charge in [-0.25, -0.2) is 0 Å². The summed E-state index contributed by atoms with van der Waals surface area (Å²) in [5.41, 5.74) is 0. The molecular weight excluding hydrogens is 138 g/mol. The first-order valence-electron chi connectivity index (χ1n) is 4.15. The minimum absolute atomic E-state index is 0.0578. The van der Waals surface area contributed by atoms with Crippen molar-refractivity contribution >= 4 is 20.3 Å². The highest BCUT2D eigenvalue weighted by Gasteiger charge is 2.14. The first-order chi connectivity index (χ1) is 5.07. The first kappa shape index (κ1) is 10.6. The summed E-state index contributed by atoms with van der Waals surface area (Å²) in [6.07, 6.45) is 0. The van der Waals surface area contributed by atoms with Crippen molar-refractivity contribution in [1.29, 1.82) is 0 Å². The minimum Gasteiger partial charge on any atom is -0.469 e. The zero-order valence-electron chi connectivity index (χ0n) is 7.89. The smallest absolute Gasteiger partial charge is 0.299 e. The highest BCUT2D eigenvalue weighted by atomic mass is 16.5. The van der Waals surface area contributed by atoms with Crippen LogP contribution in [0.25, 0.3) is 0 Å². The van der Waals surface area contributed by atoms with E-state index in [1.54, 1.807) is 0 Å². The first-order valence-corrected chi connectivity index (χ1v) is 4.15. The number of ether oxygens (including phenoxy) is 1. The van der Waals surface area contributed by atoms with Crippen molar-refractivity contribution in [2.24, 2.45) is 0 Å². The summed E-state index contributed by atoms with van der Waals surface area (Å²) in [5.74, 6) is 0.634. The van der Waals surface area contributed by atoms with Gasteiger partial charge in [-0.3, -0.25) is 4.79 Å². The molecule has 0 aliphatic carbocycles. The average Bonchev–Trinajstić information content (AvgIpc) is 1.98. The molecule has 0 aromatic rings. The molecule has 0 bridgehead atoms. The second-order valence-corrected chi connectivity index (χ2v) is 3.40. The highest BCUT2D eigenvalue weighted by Crippen LogP contribution is 2.05. The van der Waals surface area contributed by atoms with Crippen molar-refractivity contribution in [3.05, 3.63) is 0 Å². The van der Waals surface area contributed by atoms with E-state index in [9.17, 15) is 4.79 Å². The van der Waals surface area contributed by atoms with E-state index in [0.29, 0.717) is 5.82 Å². The van der Waals surface area contributed by atoms with Gasteiger partial charge < -0.3 is 4.74 Å². The van der Waals surface area contributed by atoms with E-state index in [4.69, 9.17) is 0 Å². The molecular formula is C7H16B2O2. The van der Waals surface area contributed by atoms with Gasteiger partial charge in [-0.15, -0.1) is 0 Å². The maximum absolute atomic E-state index is 10.9. The molecule has 0 spiro atoms. The molecule has 0 saturated heterocycles. The molecule has 1 unspecified atom stereocenters. The van der Waals surface area contributed by atoms with Crippen molar-refractivity contribution in [2.75, 3.05) is 7.11 Å². The summed E-state index contributed by atoms with van der Waals surface area (Å²) in [4.78, 5) is 10.9. The predicted molar refractivity (Wildman–Crippen MR) is 50.8 cm³/mol. The summed E-state index contributed by atoms with van der Waals surface area (Å²) in [6, 6.07) is 0. The molecule has 11 heavy (non-hydrogen) atoms. The number of carbonyl (C=O) groups excluding carboxylic acids is 1. The summed E-state index contributed by atoms with van der Waals surface area (Å²) in [7, 11) is 3.47. The van der Waals surface area contributed by atoms with Crippen LogP contribution in [0, 0.1) is 0 Å². The van der Waals surface area contributed by atoms with Crippen LogP contribution >= 0.6 is 0 Å². The van der Waals surface area contributed by atoms with E-state index in [1.807, 2.05) is 6.92 Å². The Morgan fingerprint density at radius 2 is 1.82 bits per heavy atom. The van der Waals surface area contributed by atoms with Crippen LogP contribution in [0.5, 0.6) is 0 Å². The number of hydrogen-bond acceptors (Lipinski definition) is 2. The van der Waals surface area contributed by atoms with Crippen LogP contribution in [0.1, 0.15) is 20.8 Å². The molecule has 0 rings (SSSR count). The van der Waals surface area contributed by atoms with Crippen LogP contribution in [0.2, 0.25) is 11.6 Å². The van der Waals surface area contributed by atoms with Crippen LogP contribution < -0.4 is 0 Å². The third-order valence-corrected chi connectivity index (χ3v) is 1.78. The minimum atomic E-state index is -0.0920. The summed E-state index contributed by atoms with van der Waals surface area (Å²) < 4.78 is 4.61. The Balaban J connectivity index is 3.52. The molecule has 0 amide bonds. The van der Waals surface area contributed by atoms with Crippen LogP contribution in [-0.4, -0.2) is 27.4 Å².